The van der Waals surface area contributed by atoms with Gasteiger partial charge in [0.2, 0.25) is 0 Å². The minimum Gasteiger partial charge on any atom is -0.545 e. The van der Waals surface area contributed by atoms with Crippen LogP contribution in [-0.2, 0) is 0 Å². The largest absolute Gasteiger partial charge is 0.545 e. The fourth-order valence-electron chi connectivity index (χ4n) is 2.36. The van der Waals surface area contributed by atoms with Gasteiger partial charge in [0, 0.05) is 5.69 Å². The van der Waals surface area contributed by atoms with Crippen molar-refractivity contribution >= 4 is 22.6 Å². The molecule has 0 amide bonds. The predicted octanol–water partition coefficient (Wildman–Crippen LogP) is 0.640. The number of nitrogen functional groups attached to an aromatic ring is 1. The zero-order valence-corrected chi connectivity index (χ0v) is 11.7. The maximum Gasteiger partial charge on any atom is 0.266 e. The number of hydrogen-bond acceptors (Lipinski definition) is 5. The number of nitrogens with zero attached hydrogens (tertiary/aromatic N) is 2. The van der Waals surface area contributed by atoms with Crippen LogP contribution in [0.25, 0.3) is 16.6 Å². The van der Waals surface area contributed by atoms with Crippen molar-refractivity contribution in [1.29, 1.82) is 0 Å². The first-order valence-corrected chi connectivity index (χ1v) is 6.58. The van der Waals surface area contributed by atoms with Crippen LogP contribution in [0.5, 0.6) is 0 Å². The number of benzene rings is 2. The number of nitrogens with two attached hydrogens (primary N) is 1. The highest BCUT2D eigenvalue weighted by atomic mass is 16.4. The van der Waals surface area contributed by atoms with Crippen molar-refractivity contribution in [3.05, 3.63) is 64.2 Å². The molecule has 3 rings (SSSR count). The van der Waals surface area contributed by atoms with Crippen LogP contribution in [0.3, 0.4) is 0 Å². The van der Waals surface area contributed by atoms with Gasteiger partial charge >= 0.3 is 0 Å². The summed E-state index contributed by atoms with van der Waals surface area (Å²) < 4.78 is 1.42. The molecule has 0 atom stereocenters. The van der Waals surface area contributed by atoms with E-state index in [4.69, 9.17) is 5.73 Å². The van der Waals surface area contributed by atoms with Crippen molar-refractivity contribution in [2.24, 2.45) is 0 Å². The number of aromatic nitrogens is 2. The van der Waals surface area contributed by atoms with Gasteiger partial charge in [-0.1, -0.05) is 12.1 Å². The molecule has 0 fully saturated rings. The minimum absolute atomic E-state index is 0.0486. The fourth-order valence-corrected chi connectivity index (χ4v) is 2.36. The molecule has 0 radical (unpaired) electrons. The molecule has 0 aliphatic carbocycles. The molecule has 3 aromatic rings. The second-order valence-electron chi connectivity index (χ2n) is 4.91. The smallest absolute Gasteiger partial charge is 0.266 e. The normalized spacial score (nSPS) is 10.8. The quantitative estimate of drug-likeness (QED) is 0.699. The van der Waals surface area contributed by atoms with Crippen LogP contribution < -0.4 is 16.4 Å². The van der Waals surface area contributed by atoms with Crippen molar-refractivity contribution in [3.8, 4) is 5.69 Å². The Balaban J connectivity index is 2.26. The van der Waals surface area contributed by atoms with Gasteiger partial charge in [0.05, 0.1) is 22.6 Å². The van der Waals surface area contributed by atoms with Crippen LogP contribution in [0, 0.1) is 6.92 Å². The van der Waals surface area contributed by atoms with Gasteiger partial charge < -0.3 is 15.6 Å². The number of carboxylic acid groups (broad SMARTS) is 1. The summed E-state index contributed by atoms with van der Waals surface area (Å²) in [6, 6.07) is 10.8. The van der Waals surface area contributed by atoms with E-state index in [1.807, 2.05) is 0 Å². The van der Waals surface area contributed by atoms with Gasteiger partial charge in [-0.2, -0.15) is 0 Å². The Bertz CT molecular complexity index is 943. The molecule has 0 unspecified atom stereocenters. The molecule has 1 heterocycles. The van der Waals surface area contributed by atoms with Crippen LogP contribution in [-0.4, -0.2) is 15.5 Å². The third-order valence-corrected chi connectivity index (χ3v) is 3.42. The summed E-state index contributed by atoms with van der Waals surface area (Å²) >= 11 is 0. The molecule has 22 heavy (non-hydrogen) atoms. The van der Waals surface area contributed by atoms with Gasteiger partial charge in [0.1, 0.15) is 5.82 Å². The number of carboxylic acids is 1. The molecule has 0 bridgehead atoms. The molecule has 0 saturated heterocycles. The zero-order chi connectivity index (χ0) is 15.9. The second kappa shape index (κ2) is 5.00. The Labute approximate surface area is 125 Å². The van der Waals surface area contributed by atoms with Gasteiger partial charge in [0.15, 0.2) is 0 Å². The molecule has 6 heteroatoms. The number of hydrogen-bond donors (Lipinski definition) is 1. The molecular formula is C16H12N3O3-. The van der Waals surface area contributed by atoms with E-state index in [9.17, 15) is 14.7 Å². The number of rotatable bonds is 2. The van der Waals surface area contributed by atoms with Gasteiger partial charge in [-0.05, 0) is 42.8 Å². The summed E-state index contributed by atoms with van der Waals surface area (Å²) in [5.41, 5.74) is 7.10. The molecule has 0 saturated carbocycles. The molecule has 0 aliphatic heterocycles. The van der Waals surface area contributed by atoms with E-state index in [0.29, 0.717) is 28.1 Å². The Morgan fingerprint density at radius 2 is 1.86 bits per heavy atom. The predicted molar refractivity (Wildman–Crippen MR) is 80.8 cm³/mol. The molecule has 2 N–H and O–H groups in total. The first-order valence-electron chi connectivity index (χ1n) is 6.58. The highest BCUT2D eigenvalue weighted by Crippen LogP contribution is 2.15. The summed E-state index contributed by atoms with van der Waals surface area (Å²) in [6.07, 6.45) is 0. The number of aryl methyl sites for hydroxylation is 1. The van der Waals surface area contributed by atoms with E-state index in [2.05, 4.69) is 4.98 Å². The molecular weight excluding hydrogens is 282 g/mol. The lowest BCUT2D eigenvalue weighted by atomic mass is 10.2. The summed E-state index contributed by atoms with van der Waals surface area (Å²) in [5, 5.41) is 11.2. The zero-order valence-electron chi connectivity index (χ0n) is 11.7. The highest BCUT2D eigenvalue weighted by molar-refractivity contribution is 5.86. The lowest BCUT2D eigenvalue weighted by Gasteiger charge is -2.12. The fraction of sp³-hybridized carbons (Fsp3) is 0.0625. The van der Waals surface area contributed by atoms with Crippen molar-refractivity contribution in [2.45, 2.75) is 6.92 Å². The van der Waals surface area contributed by atoms with Gasteiger partial charge in [0.25, 0.3) is 5.56 Å². The van der Waals surface area contributed by atoms with Crippen LogP contribution in [0.15, 0.2) is 47.3 Å². The topological polar surface area (TPSA) is 101 Å². The Morgan fingerprint density at radius 1 is 1.18 bits per heavy atom. The van der Waals surface area contributed by atoms with Crippen LogP contribution in [0.1, 0.15) is 16.2 Å². The minimum atomic E-state index is -1.26. The number of aromatic carboxylic acids is 1. The number of carbonyl (C=O) groups excluding carboxylic acids is 1. The molecule has 2 aromatic carbocycles. The lowest BCUT2D eigenvalue weighted by molar-refractivity contribution is -0.255. The second-order valence-corrected chi connectivity index (χ2v) is 4.91. The third-order valence-electron chi connectivity index (χ3n) is 3.42. The molecule has 6 nitrogen and oxygen atoms in total. The summed E-state index contributed by atoms with van der Waals surface area (Å²) in [4.78, 5) is 27.8. The molecule has 0 aliphatic rings. The number of fused-ring (bicyclic) bond motifs is 1. The van der Waals surface area contributed by atoms with Crippen molar-refractivity contribution < 1.29 is 9.90 Å². The monoisotopic (exact) mass is 294 g/mol. The molecule has 0 spiro atoms. The Hall–Kier alpha value is -3.15. The highest BCUT2D eigenvalue weighted by Gasteiger charge is 2.10. The SMILES string of the molecule is Cc1nc2ccc(N)cc2c(=O)n1-c1ccc(C(=O)[O-])cc1. The van der Waals surface area contributed by atoms with E-state index < -0.39 is 5.97 Å². The van der Waals surface area contributed by atoms with E-state index in [-0.39, 0.29) is 11.1 Å². The maximum atomic E-state index is 12.7. The third kappa shape index (κ3) is 2.20. The maximum absolute atomic E-state index is 12.7. The van der Waals surface area contributed by atoms with E-state index >= 15 is 0 Å². The Kier molecular flexibility index (Phi) is 3.14. The Morgan fingerprint density at radius 3 is 2.50 bits per heavy atom. The lowest BCUT2D eigenvalue weighted by Crippen LogP contribution is -2.24. The van der Waals surface area contributed by atoms with Crippen LogP contribution in [0.4, 0.5) is 5.69 Å². The van der Waals surface area contributed by atoms with Crippen molar-refractivity contribution in [2.75, 3.05) is 5.73 Å². The summed E-state index contributed by atoms with van der Waals surface area (Å²) in [7, 11) is 0. The van der Waals surface area contributed by atoms with E-state index in [0.717, 1.165) is 0 Å². The first kappa shape index (κ1) is 13.8. The van der Waals surface area contributed by atoms with Crippen molar-refractivity contribution in [1.82, 2.24) is 9.55 Å². The molecule has 110 valence electrons. The van der Waals surface area contributed by atoms with Crippen LogP contribution in [0.2, 0.25) is 0 Å². The van der Waals surface area contributed by atoms with Gasteiger partial charge in [-0.3, -0.25) is 9.36 Å². The average Bonchev–Trinajstić information content (AvgIpc) is 2.49. The average molecular weight is 294 g/mol. The van der Waals surface area contributed by atoms with Gasteiger partial charge in [-0.25, -0.2) is 4.98 Å². The van der Waals surface area contributed by atoms with Crippen molar-refractivity contribution in [3.63, 3.8) is 0 Å². The standard InChI is InChI=1S/C16H13N3O3/c1-9-18-14-7-4-11(17)8-13(14)15(20)19(9)12-5-2-10(3-6-12)16(21)22/h2-8H,17H2,1H3,(H,21,22)/p-1. The van der Waals surface area contributed by atoms with E-state index in [1.165, 1.54) is 16.7 Å². The van der Waals surface area contributed by atoms with Crippen LogP contribution >= 0.6 is 0 Å². The van der Waals surface area contributed by atoms with Gasteiger partial charge in [-0.15, -0.1) is 0 Å². The summed E-state index contributed by atoms with van der Waals surface area (Å²) in [5.74, 6) is -0.761. The molecule has 1 aromatic heterocycles. The number of anilines is 1. The summed E-state index contributed by atoms with van der Waals surface area (Å²) in [6.45, 7) is 1.71. The van der Waals surface area contributed by atoms with E-state index in [1.54, 1.807) is 37.3 Å². The first-order chi connectivity index (χ1) is 10.5. The number of carbonyl (C=O) groups is 1.